The number of rotatable bonds is 0. The van der Waals surface area contributed by atoms with Crippen molar-refractivity contribution in [3.63, 3.8) is 0 Å². The van der Waals surface area contributed by atoms with E-state index in [1.807, 2.05) is 0 Å². The molecule has 0 aliphatic heterocycles. The maximum atomic E-state index is 12.7. The van der Waals surface area contributed by atoms with E-state index in [9.17, 15) is 9.18 Å². The molecule has 0 bridgehead atoms. The molecular formula is C7H9FN2O. The van der Waals surface area contributed by atoms with Gasteiger partial charge in [-0.1, -0.05) is 0 Å². The Morgan fingerprint density at radius 1 is 1.64 bits per heavy atom. The van der Waals surface area contributed by atoms with Crippen molar-refractivity contribution in [2.75, 3.05) is 5.73 Å². The van der Waals surface area contributed by atoms with Gasteiger partial charge in [0.15, 0.2) is 5.82 Å². The first-order chi connectivity index (χ1) is 5.04. The summed E-state index contributed by atoms with van der Waals surface area (Å²) in [6, 6.07) is 1.14. The lowest BCUT2D eigenvalue weighted by atomic mass is 10.3. The second kappa shape index (κ2) is 2.38. The Morgan fingerprint density at radius 2 is 2.18 bits per heavy atom. The summed E-state index contributed by atoms with van der Waals surface area (Å²) in [6.45, 7) is 1.55. The number of aromatic nitrogens is 1. The van der Waals surface area contributed by atoms with Gasteiger partial charge in [-0.15, -0.1) is 0 Å². The molecule has 1 aromatic rings. The predicted octanol–water partition coefficient (Wildman–Crippen LogP) is 0.415. The van der Waals surface area contributed by atoms with E-state index >= 15 is 0 Å². The third-order valence-electron chi connectivity index (χ3n) is 1.59. The number of nitrogen functional groups attached to an aromatic ring is 1. The Balaban J connectivity index is 3.59. The summed E-state index contributed by atoms with van der Waals surface area (Å²) in [5.41, 5.74) is 5.34. The van der Waals surface area contributed by atoms with Gasteiger partial charge in [-0.3, -0.25) is 9.36 Å². The highest BCUT2D eigenvalue weighted by atomic mass is 19.1. The first-order valence-corrected chi connectivity index (χ1v) is 3.15. The molecule has 4 heteroatoms. The molecule has 0 saturated carbocycles. The summed E-state index contributed by atoms with van der Waals surface area (Å²) < 4.78 is 13.8. The highest BCUT2D eigenvalue weighted by Gasteiger charge is 2.05. The average Bonchev–Trinajstić information content (AvgIpc) is 1.97. The van der Waals surface area contributed by atoms with Crippen LogP contribution in [0.3, 0.4) is 0 Å². The van der Waals surface area contributed by atoms with E-state index in [0.717, 1.165) is 10.6 Å². The molecule has 0 unspecified atom stereocenters. The summed E-state index contributed by atoms with van der Waals surface area (Å²) in [6.07, 6.45) is 0. The second-order valence-corrected chi connectivity index (χ2v) is 2.42. The van der Waals surface area contributed by atoms with Crippen LogP contribution in [0, 0.1) is 12.7 Å². The van der Waals surface area contributed by atoms with E-state index in [-0.39, 0.29) is 11.4 Å². The highest BCUT2D eigenvalue weighted by Crippen LogP contribution is 2.05. The Bertz CT molecular complexity index is 343. The fraction of sp³-hybridized carbons (Fsp3) is 0.286. The molecule has 0 atom stereocenters. The molecule has 0 saturated heterocycles. The lowest BCUT2D eigenvalue weighted by Crippen LogP contribution is -2.22. The maximum absolute atomic E-state index is 12.7. The van der Waals surface area contributed by atoms with Crippen molar-refractivity contribution in [3.8, 4) is 0 Å². The highest BCUT2D eigenvalue weighted by molar-refractivity contribution is 5.33. The molecule has 1 rings (SSSR count). The van der Waals surface area contributed by atoms with Gasteiger partial charge in [-0.05, 0) is 13.0 Å². The number of nitrogens with two attached hydrogens (primary N) is 1. The summed E-state index contributed by atoms with van der Waals surface area (Å²) >= 11 is 0. The van der Waals surface area contributed by atoms with Crippen molar-refractivity contribution < 1.29 is 4.39 Å². The quantitative estimate of drug-likeness (QED) is 0.591. The maximum Gasteiger partial charge on any atom is 0.254 e. The van der Waals surface area contributed by atoms with Crippen LogP contribution < -0.4 is 11.3 Å². The standard InChI is InChI=1S/C7H9FN2O/c1-4-3-5(8)6(9)10(2)7(4)11/h3H,9H2,1-2H3. The van der Waals surface area contributed by atoms with Crippen LogP contribution in [0.25, 0.3) is 0 Å². The minimum Gasteiger partial charge on any atom is -0.383 e. The van der Waals surface area contributed by atoms with Crippen LogP contribution in [0.15, 0.2) is 10.9 Å². The van der Waals surface area contributed by atoms with Crippen molar-refractivity contribution in [1.29, 1.82) is 0 Å². The smallest absolute Gasteiger partial charge is 0.254 e. The van der Waals surface area contributed by atoms with Gasteiger partial charge in [0.1, 0.15) is 5.82 Å². The Hall–Kier alpha value is -1.32. The zero-order valence-corrected chi connectivity index (χ0v) is 6.39. The molecule has 0 aliphatic rings. The number of anilines is 1. The number of aryl methyl sites for hydroxylation is 1. The fourth-order valence-electron chi connectivity index (χ4n) is 0.860. The summed E-state index contributed by atoms with van der Waals surface area (Å²) in [7, 11) is 1.44. The molecule has 60 valence electrons. The van der Waals surface area contributed by atoms with Crippen molar-refractivity contribution in [3.05, 3.63) is 27.8 Å². The number of pyridine rings is 1. The van der Waals surface area contributed by atoms with Gasteiger partial charge in [0.05, 0.1) is 0 Å². The van der Waals surface area contributed by atoms with Gasteiger partial charge >= 0.3 is 0 Å². The van der Waals surface area contributed by atoms with Crippen LogP contribution in [0.4, 0.5) is 10.2 Å². The molecule has 0 spiro atoms. The molecule has 3 nitrogen and oxygen atoms in total. The van der Waals surface area contributed by atoms with E-state index in [0.29, 0.717) is 5.56 Å². The van der Waals surface area contributed by atoms with E-state index in [4.69, 9.17) is 5.73 Å². The fourth-order valence-corrected chi connectivity index (χ4v) is 0.860. The largest absolute Gasteiger partial charge is 0.383 e. The number of nitrogens with zero attached hydrogens (tertiary/aromatic N) is 1. The predicted molar refractivity (Wildman–Crippen MR) is 40.8 cm³/mol. The second-order valence-electron chi connectivity index (χ2n) is 2.42. The normalized spacial score (nSPS) is 10.1. The van der Waals surface area contributed by atoms with Crippen LogP contribution in [0.1, 0.15) is 5.56 Å². The lowest BCUT2D eigenvalue weighted by molar-refractivity contribution is 0.611. The molecule has 0 fully saturated rings. The van der Waals surface area contributed by atoms with E-state index in [1.54, 1.807) is 6.92 Å². The topological polar surface area (TPSA) is 48.0 Å². The molecule has 1 heterocycles. The van der Waals surface area contributed by atoms with Crippen molar-refractivity contribution in [2.45, 2.75) is 6.92 Å². The van der Waals surface area contributed by atoms with E-state index in [1.165, 1.54) is 7.05 Å². The third kappa shape index (κ3) is 1.11. The monoisotopic (exact) mass is 156 g/mol. The Morgan fingerprint density at radius 3 is 2.73 bits per heavy atom. The zero-order valence-electron chi connectivity index (χ0n) is 6.39. The molecule has 0 amide bonds. The van der Waals surface area contributed by atoms with Crippen molar-refractivity contribution in [2.24, 2.45) is 7.05 Å². The molecular weight excluding hydrogens is 147 g/mol. The van der Waals surface area contributed by atoms with Gasteiger partial charge in [0.25, 0.3) is 5.56 Å². The zero-order chi connectivity index (χ0) is 8.59. The van der Waals surface area contributed by atoms with Crippen LogP contribution in [0.2, 0.25) is 0 Å². The number of hydrogen-bond donors (Lipinski definition) is 1. The SMILES string of the molecule is Cc1cc(F)c(N)n(C)c1=O. The number of hydrogen-bond acceptors (Lipinski definition) is 2. The minimum absolute atomic E-state index is 0.124. The summed E-state index contributed by atoms with van der Waals surface area (Å²) in [4.78, 5) is 11.1. The van der Waals surface area contributed by atoms with Crippen LogP contribution >= 0.6 is 0 Å². The van der Waals surface area contributed by atoms with Gasteiger partial charge in [0.2, 0.25) is 0 Å². The van der Waals surface area contributed by atoms with Crippen LogP contribution in [-0.4, -0.2) is 4.57 Å². The lowest BCUT2D eigenvalue weighted by Gasteiger charge is -2.04. The van der Waals surface area contributed by atoms with Gasteiger partial charge in [0, 0.05) is 12.6 Å². The van der Waals surface area contributed by atoms with Gasteiger partial charge < -0.3 is 5.73 Å². The van der Waals surface area contributed by atoms with Gasteiger partial charge in [-0.2, -0.15) is 0 Å². The number of halogens is 1. The third-order valence-corrected chi connectivity index (χ3v) is 1.59. The summed E-state index contributed by atoms with van der Waals surface area (Å²) in [5, 5.41) is 0. The minimum atomic E-state index is -0.551. The first-order valence-electron chi connectivity index (χ1n) is 3.15. The van der Waals surface area contributed by atoms with Gasteiger partial charge in [-0.25, -0.2) is 4.39 Å². The van der Waals surface area contributed by atoms with Crippen molar-refractivity contribution in [1.82, 2.24) is 4.57 Å². The van der Waals surface area contributed by atoms with Crippen LogP contribution in [-0.2, 0) is 7.05 Å². The van der Waals surface area contributed by atoms with E-state index < -0.39 is 5.82 Å². The molecule has 2 N–H and O–H groups in total. The molecule has 0 aliphatic carbocycles. The van der Waals surface area contributed by atoms with Crippen LogP contribution in [0.5, 0.6) is 0 Å². The molecule has 1 aromatic heterocycles. The van der Waals surface area contributed by atoms with Crippen molar-refractivity contribution >= 4 is 5.82 Å². The Kier molecular flexibility index (Phi) is 1.68. The van der Waals surface area contributed by atoms with E-state index in [2.05, 4.69) is 0 Å². The Labute approximate surface area is 63.3 Å². The first kappa shape index (κ1) is 7.78. The molecule has 0 radical (unpaired) electrons. The molecule has 0 aromatic carbocycles. The summed E-state index contributed by atoms with van der Waals surface area (Å²) in [5.74, 6) is -0.676. The average molecular weight is 156 g/mol. The molecule has 11 heavy (non-hydrogen) atoms.